The molecule has 9 nitrogen and oxygen atoms in total. The molecule has 7 rings (SSSR count). The number of aromatic nitrogens is 1. The summed E-state index contributed by atoms with van der Waals surface area (Å²) in [6, 6.07) is 17.0. The number of pyridine rings is 1. The number of benzene rings is 2. The minimum absolute atomic E-state index is 0.0479. The van der Waals surface area contributed by atoms with Crippen LogP contribution in [0, 0.1) is 0 Å². The highest BCUT2D eigenvalue weighted by molar-refractivity contribution is 6.05. The summed E-state index contributed by atoms with van der Waals surface area (Å²) in [4.78, 5) is 21.4. The number of carbonyl (C=O) groups is 1. The Labute approximate surface area is 264 Å². The van der Waals surface area contributed by atoms with Gasteiger partial charge in [0.1, 0.15) is 30.0 Å². The van der Waals surface area contributed by atoms with Crippen molar-refractivity contribution in [2.24, 2.45) is 0 Å². The summed E-state index contributed by atoms with van der Waals surface area (Å²) in [6.07, 6.45) is 8.97. The van der Waals surface area contributed by atoms with E-state index in [9.17, 15) is 4.79 Å². The molecule has 0 saturated carbocycles. The second-order valence-corrected chi connectivity index (χ2v) is 12.3. The molecule has 3 saturated heterocycles. The SMILES string of the molecule is O=C1c2cc(OC3CCCCO3)ccc2OC(c2ccc(OCCN3CCCC3)nc2)C1c1cccc(OC2CCCCO2)c1. The molecule has 0 spiro atoms. The van der Waals surface area contributed by atoms with Crippen LogP contribution in [0.25, 0.3) is 0 Å². The summed E-state index contributed by atoms with van der Waals surface area (Å²) in [7, 11) is 0. The van der Waals surface area contributed by atoms with Crippen LogP contribution in [0.2, 0.25) is 0 Å². The number of nitrogens with zero attached hydrogens (tertiary/aromatic N) is 2. The van der Waals surface area contributed by atoms with Crippen molar-refractivity contribution in [3.63, 3.8) is 0 Å². The minimum atomic E-state index is -0.627. The average molecular weight is 615 g/mol. The third-order valence-corrected chi connectivity index (χ3v) is 9.03. The van der Waals surface area contributed by atoms with E-state index in [1.54, 1.807) is 12.3 Å². The van der Waals surface area contributed by atoms with Crippen molar-refractivity contribution < 1.29 is 33.2 Å². The predicted molar refractivity (Wildman–Crippen MR) is 167 cm³/mol. The highest BCUT2D eigenvalue weighted by Crippen LogP contribution is 2.45. The summed E-state index contributed by atoms with van der Waals surface area (Å²) in [5.41, 5.74) is 2.09. The van der Waals surface area contributed by atoms with Gasteiger partial charge in [-0.15, -0.1) is 0 Å². The van der Waals surface area contributed by atoms with Gasteiger partial charge in [-0.1, -0.05) is 12.1 Å². The lowest BCUT2D eigenvalue weighted by molar-refractivity contribution is -0.106. The first-order chi connectivity index (χ1) is 22.2. The van der Waals surface area contributed by atoms with E-state index in [1.807, 2.05) is 48.5 Å². The quantitative estimate of drug-likeness (QED) is 0.255. The van der Waals surface area contributed by atoms with Gasteiger partial charge in [0.15, 0.2) is 18.4 Å². The van der Waals surface area contributed by atoms with Crippen LogP contribution >= 0.6 is 0 Å². The molecule has 1 aromatic heterocycles. The van der Waals surface area contributed by atoms with Gasteiger partial charge in [-0.2, -0.15) is 0 Å². The van der Waals surface area contributed by atoms with Crippen molar-refractivity contribution in [2.75, 3.05) is 39.5 Å². The summed E-state index contributed by atoms with van der Waals surface area (Å²) in [5.74, 6) is 1.67. The number of ketones is 1. The molecule has 0 amide bonds. The lowest BCUT2D eigenvalue weighted by Gasteiger charge is -2.34. The normalized spacial score (nSPS) is 25.3. The Bertz CT molecular complexity index is 1430. The monoisotopic (exact) mass is 614 g/mol. The number of Topliss-reactive ketones (excluding diaryl/α,β-unsaturated/α-hetero) is 1. The smallest absolute Gasteiger partial charge is 0.213 e. The van der Waals surface area contributed by atoms with Crippen LogP contribution in [0.3, 0.4) is 0 Å². The van der Waals surface area contributed by atoms with E-state index in [4.69, 9.17) is 28.4 Å². The Kier molecular flexibility index (Phi) is 9.46. The van der Waals surface area contributed by atoms with Gasteiger partial charge < -0.3 is 28.4 Å². The molecule has 4 aliphatic heterocycles. The van der Waals surface area contributed by atoms with Crippen LogP contribution in [0.1, 0.15) is 84.9 Å². The Morgan fingerprint density at radius 1 is 0.800 bits per heavy atom. The van der Waals surface area contributed by atoms with Gasteiger partial charge >= 0.3 is 0 Å². The Hall–Kier alpha value is -3.66. The Balaban J connectivity index is 1.14. The van der Waals surface area contributed by atoms with Gasteiger partial charge in [-0.05, 0) is 93.6 Å². The molecule has 4 unspecified atom stereocenters. The zero-order valence-electron chi connectivity index (χ0n) is 25.7. The number of ether oxygens (including phenoxy) is 6. The minimum Gasteiger partial charge on any atom is -0.484 e. The lowest BCUT2D eigenvalue weighted by Crippen LogP contribution is -2.31. The molecule has 45 heavy (non-hydrogen) atoms. The van der Waals surface area contributed by atoms with Gasteiger partial charge in [0.05, 0.1) is 24.7 Å². The first-order valence-corrected chi connectivity index (χ1v) is 16.5. The predicted octanol–water partition coefficient (Wildman–Crippen LogP) is 6.47. The summed E-state index contributed by atoms with van der Waals surface area (Å²) in [5, 5.41) is 0. The molecule has 9 heteroatoms. The number of likely N-dealkylation sites (tertiary alicyclic amines) is 1. The standard InChI is InChI=1S/C36H42N2O7/c39-35-29-23-28(44-33-11-2-6-20-42-33)13-14-30(29)45-36(26-12-15-31(37-24-26)40-21-18-38-16-3-4-17-38)34(35)25-8-7-9-27(22-25)43-32-10-1-5-19-41-32/h7-9,12-15,22-24,32-34,36H,1-6,10-11,16-21H2. The van der Waals surface area contributed by atoms with E-state index in [-0.39, 0.29) is 18.4 Å². The molecule has 4 atom stereocenters. The number of fused-ring (bicyclic) bond motifs is 1. The van der Waals surface area contributed by atoms with E-state index >= 15 is 0 Å². The van der Waals surface area contributed by atoms with Crippen LogP contribution in [0.15, 0.2) is 60.8 Å². The topological polar surface area (TPSA) is 88.6 Å². The number of hydrogen-bond donors (Lipinski definition) is 0. The summed E-state index contributed by atoms with van der Waals surface area (Å²) < 4.78 is 36.4. The molecule has 0 N–H and O–H groups in total. The van der Waals surface area contributed by atoms with Gasteiger partial charge in [-0.3, -0.25) is 9.69 Å². The van der Waals surface area contributed by atoms with Gasteiger partial charge in [0, 0.05) is 37.2 Å². The Morgan fingerprint density at radius 2 is 1.56 bits per heavy atom. The summed E-state index contributed by atoms with van der Waals surface area (Å²) in [6.45, 7) is 5.13. The highest BCUT2D eigenvalue weighted by atomic mass is 16.7. The number of carbonyl (C=O) groups excluding carboxylic acids is 1. The van der Waals surface area contributed by atoms with Crippen LogP contribution < -0.4 is 18.9 Å². The molecule has 2 aromatic carbocycles. The first-order valence-electron chi connectivity index (χ1n) is 16.5. The van der Waals surface area contributed by atoms with E-state index < -0.39 is 12.0 Å². The maximum absolute atomic E-state index is 14.4. The zero-order valence-corrected chi connectivity index (χ0v) is 25.7. The highest BCUT2D eigenvalue weighted by Gasteiger charge is 2.40. The maximum Gasteiger partial charge on any atom is 0.213 e. The number of hydrogen-bond acceptors (Lipinski definition) is 9. The van der Waals surface area contributed by atoms with Crippen LogP contribution in [-0.2, 0) is 9.47 Å². The number of rotatable bonds is 10. The molecular weight excluding hydrogens is 572 g/mol. The van der Waals surface area contributed by atoms with E-state index in [1.165, 1.54) is 12.8 Å². The molecule has 0 bridgehead atoms. The molecule has 5 heterocycles. The van der Waals surface area contributed by atoms with Crippen molar-refractivity contribution in [1.82, 2.24) is 9.88 Å². The van der Waals surface area contributed by atoms with Crippen molar-refractivity contribution >= 4 is 5.78 Å². The third kappa shape index (κ3) is 7.27. The molecule has 4 aliphatic rings. The summed E-state index contributed by atoms with van der Waals surface area (Å²) >= 11 is 0. The Morgan fingerprint density at radius 3 is 2.24 bits per heavy atom. The van der Waals surface area contributed by atoms with E-state index in [0.29, 0.717) is 48.5 Å². The van der Waals surface area contributed by atoms with Crippen LogP contribution in [0.5, 0.6) is 23.1 Å². The van der Waals surface area contributed by atoms with Crippen LogP contribution in [0.4, 0.5) is 0 Å². The van der Waals surface area contributed by atoms with Crippen molar-refractivity contribution in [2.45, 2.75) is 76.0 Å². The molecular formula is C36H42N2O7. The molecule has 3 aromatic rings. The van der Waals surface area contributed by atoms with E-state index in [0.717, 1.165) is 69.3 Å². The third-order valence-electron chi connectivity index (χ3n) is 9.03. The fraction of sp³-hybridized carbons (Fsp3) is 0.500. The molecule has 0 radical (unpaired) electrons. The second-order valence-electron chi connectivity index (χ2n) is 12.3. The molecule has 3 fully saturated rings. The fourth-order valence-corrected chi connectivity index (χ4v) is 6.60. The average Bonchev–Trinajstić information content (AvgIpc) is 3.60. The van der Waals surface area contributed by atoms with Crippen molar-refractivity contribution in [1.29, 1.82) is 0 Å². The lowest BCUT2D eigenvalue weighted by atomic mass is 9.81. The largest absolute Gasteiger partial charge is 0.484 e. The fourth-order valence-electron chi connectivity index (χ4n) is 6.60. The van der Waals surface area contributed by atoms with Crippen LogP contribution in [-0.4, -0.2) is 67.7 Å². The van der Waals surface area contributed by atoms with Gasteiger partial charge in [0.2, 0.25) is 5.88 Å². The van der Waals surface area contributed by atoms with Gasteiger partial charge in [0.25, 0.3) is 0 Å². The van der Waals surface area contributed by atoms with Crippen molar-refractivity contribution in [3.8, 4) is 23.1 Å². The first kappa shape index (κ1) is 30.0. The van der Waals surface area contributed by atoms with E-state index in [2.05, 4.69) is 9.88 Å². The second kappa shape index (κ2) is 14.2. The van der Waals surface area contributed by atoms with Gasteiger partial charge in [-0.25, -0.2) is 4.98 Å². The zero-order chi connectivity index (χ0) is 30.4. The molecule has 0 aliphatic carbocycles. The maximum atomic E-state index is 14.4. The van der Waals surface area contributed by atoms with Crippen molar-refractivity contribution in [3.05, 3.63) is 77.5 Å². The molecule has 238 valence electrons.